The predicted molar refractivity (Wildman–Crippen MR) is 233 cm³/mol. The molecule has 10 rings (SSSR count). The van der Waals surface area contributed by atoms with Crippen LogP contribution in [0.2, 0.25) is 0 Å². The fraction of sp³-hybridized carbons (Fsp3) is 0.140. The summed E-state index contributed by atoms with van der Waals surface area (Å²) in [6, 6.07) is 55.0. The number of aromatic nitrogens is 2. The van der Waals surface area contributed by atoms with Gasteiger partial charge in [0.2, 0.25) is 0 Å². The lowest BCUT2D eigenvalue weighted by molar-refractivity contribution is 0.592. The van der Waals surface area contributed by atoms with Gasteiger partial charge in [0.1, 0.15) is 5.52 Å². The summed E-state index contributed by atoms with van der Waals surface area (Å²) in [4.78, 5) is 6.42. The van der Waals surface area contributed by atoms with Crippen molar-refractivity contribution >= 4 is 68.6 Å². The van der Waals surface area contributed by atoms with Crippen molar-refractivity contribution in [3.8, 4) is 11.1 Å². The topological polar surface area (TPSA) is 30.4 Å². The smallest absolute Gasteiger partial charge is 0.307 e. The van der Waals surface area contributed by atoms with Crippen molar-refractivity contribution < 1.29 is 12.6 Å². The van der Waals surface area contributed by atoms with E-state index >= 15 is 0 Å². The third-order valence-electron chi connectivity index (χ3n) is 11.3. The average molecular weight is 753 g/mol. The standard InChI is InChI=1S/C50H42N2OSSi/c1-49(2,3)40-32-35(30-31-36(40)37-22-16-26-42-46(37)51-48-52(42)41-25-13-14-27-43(41)53-48)55(33-18-8-6-9-19-33,34-20-10-7-11-21-34)45-29-17-24-39-47(45)54-44-28-15-12-23-38(44)50(39,4)5/h6-32H,1-5H3/i4D3,5D3. The summed E-state index contributed by atoms with van der Waals surface area (Å²) in [5, 5.41) is 4.23. The zero-order valence-corrected chi connectivity index (χ0v) is 32.6. The molecule has 0 unspecified atom stereocenters. The fourth-order valence-electron chi connectivity index (χ4n) is 8.76. The molecule has 5 heteroatoms. The zero-order valence-electron chi connectivity index (χ0n) is 36.8. The van der Waals surface area contributed by atoms with Crippen molar-refractivity contribution in [2.75, 3.05) is 0 Å². The molecule has 9 aromatic rings. The number of fused-ring (bicyclic) bond motifs is 7. The molecule has 0 amide bonds. The van der Waals surface area contributed by atoms with Crippen molar-refractivity contribution in [3.63, 3.8) is 0 Å². The van der Waals surface area contributed by atoms with Gasteiger partial charge in [-0.3, -0.25) is 4.40 Å². The van der Waals surface area contributed by atoms with Gasteiger partial charge in [0.15, 0.2) is 13.7 Å². The molecule has 0 N–H and O–H groups in total. The average Bonchev–Trinajstić information content (AvgIpc) is 3.79. The summed E-state index contributed by atoms with van der Waals surface area (Å²) in [6.07, 6.45) is 0. The van der Waals surface area contributed by atoms with Crippen LogP contribution in [0.1, 0.15) is 59.4 Å². The monoisotopic (exact) mass is 752 g/mol. The summed E-state index contributed by atoms with van der Waals surface area (Å²) in [7, 11) is -3.44. The molecule has 0 bridgehead atoms. The van der Waals surface area contributed by atoms with Crippen molar-refractivity contribution in [1.82, 2.24) is 9.38 Å². The van der Waals surface area contributed by atoms with Gasteiger partial charge >= 0.3 is 5.84 Å². The van der Waals surface area contributed by atoms with E-state index in [2.05, 4.69) is 116 Å². The summed E-state index contributed by atoms with van der Waals surface area (Å²) in [6.45, 7) is 0.877. The molecular weight excluding hydrogens is 705 g/mol. The van der Waals surface area contributed by atoms with E-state index in [-0.39, 0.29) is 5.41 Å². The lowest BCUT2D eigenvalue weighted by Gasteiger charge is -2.41. The second kappa shape index (κ2) is 12.5. The van der Waals surface area contributed by atoms with E-state index in [1.54, 1.807) is 18.2 Å². The van der Waals surface area contributed by atoms with Gasteiger partial charge in [-0.15, -0.1) is 0 Å². The lowest BCUT2D eigenvalue weighted by Crippen LogP contribution is -2.75. The van der Waals surface area contributed by atoms with Gasteiger partial charge in [-0.2, -0.15) is 4.98 Å². The molecule has 0 aliphatic carbocycles. The van der Waals surface area contributed by atoms with Gasteiger partial charge in [-0.1, -0.05) is 186 Å². The summed E-state index contributed by atoms with van der Waals surface area (Å²) in [5.41, 5.74) is 4.72. The minimum absolute atomic E-state index is 0.309. The molecular formula is C50H42N2OSSi. The molecule has 0 radical (unpaired) electrons. The van der Waals surface area contributed by atoms with Crippen molar-refractivity contribution in [2.45, 2.75) is 55.1 Å². The molecule has 2 aromatic heterocycles. The van der Waals surface area contributed by atoms with Crippen molar-refractivity contribution in [2.24, 2.45) is 0 Å². The molecule has 1 aliphatic heterocycles. The van der Waals surface area contributed by atoms with Crippen LogP contribution in [-0.2, 0) is 10.8 Å². The minimum Gasteiger partial charge on any atom is -0.423 e. The Morgan fingerprint density at radius 1 is 0.636 bits per heavy atom. The van der Waals surface area contributed by atoms with Gasteiger partial charge in [0.25, 0.3) is 0 Å². The highest BCUT2D eigenvalue weighted by Crippen LogP contribution is 2.49. The predicted octanol–water partition coefficient (Wildman–Crippen LogP) is 10.4. The van der Waals surface area contributed by atoms with Gasteiger partial charge < -0.3 is 4.42 Å². The van der Waals surface area contributed by atoms with E-state index in [1.807, 2.05) is 54.6 Å². The second-order valence-electron chi connectivity index (χ2n) is 15.5. The largest absolute Gasteiger partial charge is 0.423 e. The molecule has 3 nitrogen and oxygen atoms in total. The Labute approximate surface area is 336 Å². The quantitative estimate of drug-likeness (QED) is 0.130. The molecule has 55 heavy (non-hydrogen) atoms. The maximum absolute atomic E-state index is 9.10. The number of imidazole rings is 1. The van der Waals surface area contributed by atoms with E-state index in [9.17, 15) is 0 Å². The molecule has 7 aromatic carbocycles. The van der Waals surface area contributed by atoms with Crippen LogP contribution in [0.25, 0.3) is 39.1 Å². The van der Waals surface area contributed by atoms with Crippen LogP contribution in [0.5, 0.6) is 0 Å². The molecule has 1 aliphatic rings. The Hall–Kier alpha value is -5.62. The third-order valence-corrected chi connectivity index (χ3v) is 17.5. The van der Waals surface area contributed by atoms with Gasteiger partial charge in [0, 0.05) is 29.0 Å². The highest BCUT2D eigenvalue weighted by molar-refractivity contribution is 7.99. The summed E-state index contributed by atoms with van der Waals surface area (Å²) in [5.74, 6) is 0.537. The molecule has 0 saturated heterocycles. The van der Waals surface area contributed by atoms with E-state index in [1.165, 1.54) is 11.8 Å². The molecule has 0 atom stereocenters. The first-order valence-electron chi connectivity index (χ1n) is 21.6. The van der Waals surface area contributed by atoms with E-state index in [4.69, 9.17) is 17.6 Å². The Morgan fingerprint density at radius 2 is 1.29 bits per heavy atom. The summed E-state index contributed by atoms with van der Waals surface area (Å²) < 4.78 is 62.9. The van der Waals surface area contributed by atoms with Crippen LogP contribution >= 0.6 is 11.8 Å². The number of oxazole rings is 1. The fourth-order valence-corrected chi connectivity index (χ4v) is 15.4. The lowest BCUT2D eigenvalue weighted by atomic mass is 9.78. The van der Waals surface area contributed by atoms with Gasteiger partial charge in [-0.05, 0) is 72.7 Å². The number of benzene rings is 7. The normalized spacial score (nSPS) is 16.1. The van der Waals surface area contributed by atoms with Crippen LogP contribution in [0, 0.1) is 0 Å². The highest BCUT2D eigenvalue weighted by atomic mass is 32.2. The zero-order chi connectivity index (χ0) is 42.5. The minimum atomic E-state index is -3.44. The van der Waals surface area contributed by atoms with Gasteiger partial charge in [-0.25, -0.2) is 0 Å². The van der Waals surface area contributed by atoms with E-state index in [0.29, 0.717) is 26.8 Å². The maximum Gasteiger partial charge on any atom is 0.307 e. The Morgan fingerprint density at radius 3 is 2.04 bits per heavy atom. The molecule has 0 spiro atoms. The second-order valence-corrected chi connectivity index (χ2v) is 20.3. The maximum atomic E-state index is 9.10. The molecule has 0 fully saturated rings. The number of hydrogen-bond acceptors (Lipinski definition) is 3. The molecule has 3 heterocycles. The van der Waals surface area contributed by atoms with Crippen LogP contribution in [0.4, 0.5) is 0 Å². The van der Waals surface area contributed by atoms with Gasteiger partial charge in [0.05, 0.1) is 11.0 Å². The van der Waals surface area contributed by atoms with Crippen LogP contribution in [0.3, 0.4) is 0 Å². The van der Waals surface area contributed by atoms with Crippen LogP contribution in [0.15, 0.2) is 178 Å². The number of rotatable bonds is 5. The van der Waals surface area contributed by atoms with E-state index < -0.39 is 27.2 Å². The Bertz CT molecular complexity index is 3090. The molecule has 268 valence electrons. The Balaban J connectivity index is 1.31. The first-order chi connectivity index (χ1) is 29.2. The number of para-hydroxylation sites is 3. The third kappa shape index (κ3) is 5.06. The van der Waals surface area contributed by atoms with Crippen molar-refractivity contribution in [1.29, 1.82) is 0 Å². The Kier molecular flexibility index (Phi) is 6.31. The first-order valence-corrected chi connectivity index (χ1v) is 21.5. The number of hydrogen-bond donors (Lipinski definition) is 0. The number of nitrogens with zero attached hydrogens (tertiary/aromatic N) is 2. The van der Waals surface area contributed by atoms with E-state index in [0.717, 1.165) is 59.6 Å². The first kappa shape index (κ1) is 27.9. The SMILES string of the molecule is [2H]C([2H])([2H])C1(C([2H])([2H])[2H])c2ccccc2Sc2c1cccc2[Si](c1ccccc1)(c1ccccc1)c1ccc(-c2cccc3c2nc2oc4ccccc4n23)c(C(C)(C)C)c1. The molecule has 0 saturated carbocycles. The van der Waals surface area contributed by atoms with Crippen LogP contribution < -0.4 is 20.7 Å². The highest BCUT2D eigenvalue weighted by Gasteiger charge is 2.46. The van der Waals surface area contributed by atoms with Crippen molar-refractivity contribution in [3.05, 3.63) is 180 Å². The summed E-state index contributed by atoms with van der Waals surface area (Å²) >= 11 is 1.48. The van der Waals surface area contributed by atoms with Crippen LogP contribution in [-0.4, -0.2) is 17.5 Å².